The Morgan fingerprint density at radius 2 is 0.962 bits per heavy atom. The highest BCUT2D eigenvalue weighted by Gasteiger charge is 2.35. The maximum absolute atomic E-state index is 6.52. The first-order chi connectivity index (χ1) is 25.5. The number of aromatic nitrogens is 3. The fraction of sp³-hybridized carbons (Fsp3) is 0.0625. The van der Waals surface area contributed by atoms with E-state index in [9.17, 15) is 0 Å². The first kappa shape index (κ1) is 30.2. The van der Waals surface area contributed by atoms with Gasteiger partial charge in [-0.3, -0.25) is 0 Å². The minimum atomic E-state index is -0.142. The molecule has 0 N–H and O–H groups in total. The Morgan fingerprint density at radius 3 is 1.77 bits per heavy atom. The number of hydrogen-bond donors (Lipinski definition) is 0. The van der Waals surface area contributed by atoms with Crippen LogP contribution in [0, 0.1) is 0 Å². The van der Waals surface area contributed by atoms with Crippen molar-refractivity contribution in [3.05, 3.63) is 175 Å². The molecule has 0 saturated heterocycles. The van der Waals surface area contributed by atoms with Crippen LogP contribution < -0.4 is 0 Å². The zero-order valence-corrected chi connectivity index (χ0v) is 28.8. The molecular weight excluding hydrogens is 635 g/mol. The molecule has 2 aromatic heterocycles. The minimum absolute atomic E-state index is 0.142. The Kier molecular flexibility index (Phi) is 6.80. The summed E-state index contributed by atoms with van der Waals surface area (Å²) >= 11 is 0. The molecule has 1 aliphatic carbocycles. The fourth-order valence-electron chi connectivity index (χ4n) is 7.88. The van der Waals surface area contributed by atoms with Gasteiger partial charge in [-0.05, 0) is 69.3 Å². The van der Waals surface area contributed by atoms with Crippen LogP contribution in [0.3, 0.4) is 0 Å². The van der Waals surface area contributed by atoms with E-state index >= 15 is 0 Å². The summed E-state index contributed by atoms with van der Waals surface area (Å²) in [4.78, 5) is 15.5. The van der Waals surface area contributed by atoms with Crippen LogP contribution in [0.1, 0.15) is 25.0 Å². The van der Waals surface area contributed by atoms with E-state index in [2.05, 4.69) is 141 Å². The molecule has 10 rings (SSSR count). The molecule has 1 aliphatic rings. The molecule has 0 bridgehead atoms. The van der Waals surface area contributed by atoms with Crippen molar-refractivity contribution >= 4 is 21.9 Å². The summed E-state index contributed by atoms with van der Waals surface area (Å²) in [6.45, 7) is 4.60. The molecule has 246 valence electrons. The Balaban J connectivity index is 1.19. The predicted molar refractivity (Wildman–Crippen MR) is 212 cm³/mol. The third-order valence-corrected chi connectivity index (χ3v) is 10.5. The monoisotopic (exact) mass is 667 g/mol. The van der Waals surface area contributed by atoms with Crippen LogP contribution >= 0.6 is 0 Å². The Labute approximate surface area is 302 Å². The molecule has 0 spiro atoms. The normalized spacial score (nSPS) is 13.0. The smallest absolute Gasteiger partial charge is 0.164 e. The van der Waals surface area contributed by atoms with Crippen LogP contribution in [-0.2, 0) is 5.41 Å². The molecule has 0 radical (unpaired) electrons. The molecule has 0 aliphatic heterocycles. The number of nitrogens with zero attached hydrogens (tertiary/aromatic N) is 3. The second-order valence-corrected chi connectivity index (χ2v) is 14.0. The first-order valence-corrected chi connectivity index (χ1v) is 17.7. The van der Waals surface area contributed by atoms with Crippen molar-refractivity contribution in [2.75, 3.05) is 0 Å². The van der Waals surface area contributed by atoms with Crippen LogP contribution in [0.2, 0.25) is 0 Å². The quantitative estimate of drug-likeness (QED) is 0.183. The second kappa shape index (κ2) is 11.7. The molecule has 4 heteroatoms. The number of furan rings is 1. The predicted octanol–water partition coefficient (Wildman–Crippen LogP) is 12.4. The summed E-state index contributed by atoms with van der Waals surface area (Å²) in [6.07, 6.45) is 0. The lowest BCUT2D eigenvalue weighted by Gasteiger charge is -2.21. The SMILES string of the molecule is CC1(C)c2ccccc2-c2ccc(-c3nc(-c4ccccc4)nc(-c4cc(-c5ccccc5)cc(-c5cccc6c5oc5ccccc56)c4)n3)cc21. The summed E-state index contributed by atoms with van der Waals surface area (Å²) in [5.41, 5.74) is 13.8. The van der Waals surface area contributed by atoms with Crippen LogP contribution in [0.25, 0.3) is 89.5 Å². The molecule has 4 nitrogen and oxygen atoms in total. The average molecular weight is 668 g/mol. The van der Waals surface area contributed by atoms with Crippen molar-refractivity contribution in [2.45, 2.75) is 19.3 Å². The lowest BCUT2D eigenvalue weighted by atomic mass is 9.82. The summed E-state index contributed by atoms with van der Waals surface area (Å²) in [7, 11) is 0. The maximum Gasteiger partial charge on any atom is 0.164 e. The molecule has 7 aromatic carbocycles. The van der Waals surface area contributed by atoms with Gasteiger partial charge in [0.15, 0.2) is 17.5 Å². The molecular formula is C48H33N3O. The number of para-hydroxylation sites is 2. The van der Waals surface area contributed by atoms with Crippen LogP contribution in [0.4, 0.5) is 0 Å². The number of benzene rings is 7. The molecule has 0 atom stereocenters. The molecule has 0 amide bonds. The van der Waals surface area contributed by atoms with Gasteiger partial charge in [0.05, 0.1) is 0 Å². The molecule has 0 fully saturated rings. The standard InChI is InChI=1S/C48H33N3O/c1-48(2)41-22-11-9-18-37(41)38-25-24-32(29-42(38)48)46-49-45(31-16-7-4-8-17-31)50-47(51-46)35-27-33(30-14-5-3-6-15-30)26-34(28-35)36-20-13-21-40-39-19-10-12-23-43(39)52-44(36)40/h3-29H,1-2H3. The van der Waals surface area contributed by atoms with Gasteiger partial charge in [0.2, 0.25) is 0 Å². The molecule has 0 saturated carbocycles. The van der Waals surface area contributed by atoms with Gasteiger partial charge in [0.25, 0.3) is 0 Å². The van der Waals surface area contributed by atoms with Gasteiger partial charge in [0.1, 0.15) is 11.2 Å². The summed E-state index contributed by atoms with van der Waals surface area (Å²) in [5, 5.41) is 2.20. The van der Waals surface area contributed by atoms with E-state index in [1.807, 2.05) is 36.4 Å². The highest BCUT2D eigenvalue weighted by atomic mass is 16.3. The highest BCUT2D eigenvalue weighted by Crippen LogP contribution is 2.49. The number of rotatable bonds is 5. The minimum Gasteiger partial charge on any atom is -0.455 e. The fourth-order valence-corrected chi connectivity index (χ4v) is 7.88. The lowest BCUT2D eigenvalue weighted by molar-refractivity contribution is 0.660. The van der Waals surface area contributed by atoms with Crippen LogP contribution in [0.5, 0.6) is 0 Å². The topological polar surface area (TPSA) is 51.8 Å². The third-order valence-electron chi connectivity index (χ3n) is 10.5. The Bertz CT molecular complexity index is 2820. The van der Waals surface area contributed by atoms with E-state index in [1.54, 1.807) is 0 Å². The van der Waals surface area contributed by atoms with Gasteiger partial charge in [-0.2, -0.15) is 0 Å². The van der Waals surface area contributed by atoms with Gasteiger partial charge in [-0.1, -0.05) is 147 Å². The highest BCUT2D eigenvalue weighted by molar-refractivity contribution is 6.09. The summed E-state index contributed by atoms with van der Waals surface area (Å²) in [5.74, 6) is 1.89. The van der Waals surface area contributed by atoms with Gasteiger partial charge < -0.3 is 4.42 Å². The van der Waals surface area contributed by atoms with E-state index in [1.165, 1.54) is 22.3 Å². The van der Waals surface area contributed by atoms with Gasteiger partial charge in [-0.25, -0.2) is 15.0 Å². The van der Waals surface area contributed by atoms with Crippen molar-refractivity contribution in [2.24, 2.45) is 0 Å². The molecule has 52 heavy (non-hydrogen) atoms. The van der Waals surface area contributed by atoms with Gasteiger partial charge in [0, 0.05) is 38.4 Å². The number of fused-ring (bicyclic) bond motifs is 6. The maximum atomic E-state index is 6.52. The first-order valence-electron chi connectivity index (χ1n) is 17.7. The van der Waals surface area contributed by atoms with Crippen LogP contribution in [0.15, 0.2) is 168 Å². The van der Waals surface area contributed by atoms with E-state index in [4.69, 9.17) is 19.4 Å². The van der Waals surface area contributed by atoms with Gasteiger partial charge in [-0.15, -0.1) is 0 Å². The van der Waals surface area contributed by atoms with E-state index < -0.39 is 0 Å². The van der Waals surface area contributed by atoms with E-state index in [-0.39, 0.29) is 5.41 Å². The van der Waals surface area contributed by atoms with E-state index in [0.29, 0.717) is 17.5 Å². The van der Waals surface area contributed by atoms with Crippen molar-refractivity contribution in [1.82, 2.24) is 15.0 Å². The largest absolute Gasteiger partial charge is 0.455 e. The molecule has 0 unspecified atom stereocenters. The van der Waals surface area contributed by atoms with E-state index in [0.717, 1.165) is 60.9 Å². The Hall–Kier alpha value is -6.65. The van der Waals surface area contributed by atoms with Crippen molar-refractivity contribution in [3.8, 4) is 67.5 Å². The van der Waals surface area contributed by atoms with Gasteiger partial charge >= 0.3 is 0 Å². The summed E-state index contributed by atoms with van der Waals surface area (Å²) in [6, 6.07) is 57.2. The van der Waals surface area contributed by atoms with Crippen molar-refractivity contribution < 1.29 is 4.42 Å². The summed E-state index contributed by atoms with van der Waals surface area (Å²) < 4.78 is 6.52. The van der Waals surface area contributed by atoms with Crippen molar-refractivity contribution in [1.29, 1.82) is 0 Å². The molecule has 9 aromatic rings. The third kappa shape index (κ3) is 4.87. The number of hydrogen-bond acceptors (Lipinski definition) is 4. The van der Waals surface area contributed by atoms with Crippen molar-refractivity contribution in [3.63, 3.8) is 0 Å². The lowest BCUT2D eigenvalue weighted by Crippen LogP contribution is -2.15. The molecule has 2 heterocycles. The van der Waals surface area contributed by atoms with Crippen LogP contribution in [-0.4, -0.2) is 15.0 Å². The second-order valence-electron chi connectivity index (χ2n) is 14.0. The zero-order valence-electron chi connectivity index (χ0n) is 28.8. The average Bonchev–Trinajstić information content (AvgIpc) is 3.70. The zero-order chi connectivity index (χ0) is 34.8. The Morgan fingerprint density at radius 1 is 0.385 bits per heavy atom.